The number of aromatic carboxylic acids is 1. The van der Waals surface area contributed by atoms with E-state index in [0.717, 1.165) is 0 Å². The third-order valence-corrected chi connectivity index (χ3v) is 3.27. The average molecular weight is 297 g/mol. The maximum Gasteiger partial charge on any atom is 0.337 e. The molecule has 0 saturated heterocycles. The third-order valence-electron chi connectivity index (χ3n) is 3.27. The van der Waals surface area contributed by atoms with Gasteiger partial charge in [0.2, 0.25) is 5.82 Å². The molecule has 0 spiro atoms. The molecule has 3 rings (SSSR count). The molecule has 2 aromatic heterocycles. The summed E-state index contributed by atoms with van der Waals surface area (Å²) in [6.07, 6.45) is 1.32. The van der Waals surface area contributed by atoms with E-state index in [1.807, 2.05) is 0 Å². The van der Waals surface area contributed by atoms with Gasteiger partial charge in [-0.1, -0.05) is 12.1 Å². The van der Waals surface area contributed by atoms with Gasteiger partial charge >= 0.3 is 5.97 Å². The van der Waals surface area contributed by atoms with Crippen molar-refractivity contribution in [2.75, 3.05) is 7.11 Å². The van der Waals surface area contributed by atoms with Crippen LogP contribution in [-0.4, -0.2) is 27.6 Å². The highest BCUT2D eigenvalue weighted by Gasteiger charge is 2.16. The Hall–Kier alpha value is -3.22. The van der Waals surface area contributed by atoms with E-state index in [0.29, 0.717) is 22.7 Å². The first-order valence-electron chi connectivity index (χ1n) is 6.37. The zero-order chi connectivity index (χ0) is 15.7. The van der Waals surface area contributed by atoms with Gasteiger partial charge in [-0.2, -0.15) is 0 Å². The van der Waals surface area contributed by atoms with Crippen molar-refractivity contribution in [3.63, 3.8) is 0 Å². The van der Waals surface area contributed by atoms with Crippen molar-refractivity contribution in [3.8, 4) is 17.0 Å². The largest absolute Gasteiger partial charge is 0.497 e. The molecule has 0 fully saturated rings. The van der Waals surface area contributed by atoms with Crippen LogP contribution < -0.4 is 4.74 Å². The van der Waals surface area contributed by atoms with Crippen LogP contribution in [0.1, 0.15) is 10.4 Å². The number of benzene rings is 1. The van der Waals surface area contributed by atoms with Crippen molar-refractivity contribution in [1.29, 1.82) is 0 Å². The first kappa shape index (κ1) is 13.7. The Bertz CT molecular complexity index is 886. The molecule has 0 aliphatic heterocycles. The molecule has 0 unspecified atom stereocenters. The molecule has 2 heterocycles. The molecule has 0 aliphatic carbocycles. The summed E-state index contributed by atoms with van der Waals surface area (Å²) in [6, 6.07) is 10.0. The van der Waals surface area contributed by atoms with Gasteiger partial charge in [0.1, 0.15) is 17.1 Å². The fourth-order valence-corrected chi connectivity index (χ4v) is 2.21. The summed E-state index contributed by atoms with van der Waals surface area (Å²) in [7, 11) is 1.54. The normalized spacial score (nSPS) is 10.6. The van der Waals surface area contributed by atoms with E-state index >= 15 is 0 Å². The summed E-state index contributed by atoms with van der Waals surface area (Å²) in [4.78, 5) is 26.6. The Morgan fingerprint density at radius 3 is 2.82 bits per heavy atom. The van der Waals surface area contributed by atoms with Gasteiger partial charge in [0.05, 0.1) is 12.7 Å². The topological polar surface area (TPSA) is 93.3 Å². The van der Waals surface area contributed by atoms with Crippen LogP contribution in [0.15, 0.2) is 47.8 Å². The summed E-state index contributed by atoms with van der Waals surface area (Å²) in [5.74, 6) is -0.417. The monoisotopic (exact) mass is 297 g/mol. The molecule has 1 N–H and O–H groups in total. The molecule has 110 valence electrons. The van der Waals surface area contributed by atoms with Crippen LogP contribution in [0.25, 0.3) is 16.9 Å². The third kappa shape index (κ3) is 2.18. The van der Waals surface area contributed by atoms with Gasteiger partial charge in [0.25, 0.3) is 0 Å². The zero-order valence-electron chi connectivity index (χ0n) is 11.6. The van der Waals surface area contributed by atoms with Gasteiger partial charge < -0.3 is 9.84 Å². The highest BCUT2D eigenvalue weighted by molar-refractivity contribution is 5.88. The van der Waals surface area contributed by atoms with E-state index < -0.39 is 5.97 Å². The van der Waals surface area contributed by atoms with Crippen molar-refractivity contribution >= 4 is 17.4 Å². The van der Waals surface area contributed by atoms with Crippen molar-refractivity contribution in [2.45, 2.75) is 0 Å². The summed E-state index contributed by atoms with van der Waals surface area (Å²) in [5.41, 5.74) is 1.52. The molecule has 1 aromatic carbocycles. The number of carbonyl (C=O) groups is 1. The Morgan fingerprint density at radius 1 is 1.32 bits per heavy atom. The Balaban J connectivity index is 2.25. The Morgan fingerprint density at radius 2 is 2.14 bits per heavy atom. The zero-order valence-corrected chi connectivity index (χ0v) is 11.6. The molecule has 0 aliphatic rings. The minimum atomic E-state index is -1.09. The van der Waals surface area contributed by atoms with Crippen LogP contribution in [0.5, 0.6) is 5.75 Å². The second-order valence-corrected chi connectivity index (χ2v) is 4.56. The fraction of sp³-hybridized carbons (Fsp3) is 0.0667. The number of methoxy groups -OCH3 is 1. The van der Waals surface area contributed by atoms with Gasteiger partial charge in [-0.25, -0.2) is 9.78 Å². The second-order valence-electron chi connectivity index (χ2n) is 4.56. The lowest BCUT2D eigenvalue weighted by Crippen LogP contribution is -1.98. The number of hydrogen-bond acceptors (Lipinski definition) is 5. The van der Waals surface area contributed by atoms with Crippen LogP contribution >= 0.6 is 0 Å². The lowest BCUT2D eigenvalue weighted by atomic mass is 10.1. The molecule has 0 amide bonds. The fourth-order valence-electron chi connectivity index (χ4n) is 2.21. The van der Waals surface area contributed by atoms with Gasteiger partial charge in [0.15, 0.2) is 0 Å². The second kappa shape index (κ2) is 5.28. The van der Waals surface area contributed by atoms with Gasteiger partial charge in [0, 0.05) is 11.8 Å². The van der Waals surface area contributed by atoms with Gasteiger partial charge in [-0.15, -0.1) is 4.91 Å². The Labute approximate surface area is 124 Å². The van der Waals surface area contributed by atoms with Gasteiger partial charge in [-0.3, -0.25) is 4.40 Å². The van der Waals surface area contributed by atoms with E-state index in [4.69, 9.17) is 9.84 Å². The highest BCUT2D eigenvalue weighted by atomic mass is 16.5. The molecule has 7 heteroatoms. The van der Waals surface area contributed by atoms with E-state index in [-0.39, 0.29) is 11.4 Å². The molecule has 3 aromatic rings. The van der Waals surface area contributed by atoms with Crippen LogP contribution in [0.3, 0.4) is 0 Å². The standard InChI is InChI=1S/C15H11N3O4/c1-22-11-4-2-3-9(7-11)13-14(17-21)18-8-10(15(19)20)5-6-12(18)16-13/h2-8H,1H3,(H,19,20). The molecule has 0 atom stereocenters. The number of aromatic nitrogens is 2. The number of carboxylic acid groups (broad SMARTS) is 1. The number of carboxylic acids is 1. The molecule has 22 heavy (non-hydrogen) atoms. The smallest absolute Gasteiger partial charge is 0.337 e. The average Bonchev–Trinajstić information content (AvgIpc) is 2.92. The molecular weight excluding hydrogens is 286 g/mol. The molecule has 0 radical (unpaired) electrons. The first-order valence-corrected chi connectivity index (χ1v) is 6.37. The van der Waals surface area contributed by atoms with Crippen molar-refractivity contribution in [3.05, 3.63) is 53.1 Å². The first-order chi connectivity index (χ1) is 10.6. The number of nitrogens with zero attached hydrogens (tertiary/aromatic N) is 3. The van der Waals surface area contributed by atoms with E-state index in [9.17, 15) is 9.70 Å². The summed E-state index contributed by atoms with van der Waals surface area (Å²) in [6.45, 7) is 0. The maximum atomic E-state index is 11.2. The number of pyridine rings is 1. The van der Waals surface area contributed by atoms with E-state index in [1.165, 1.54) is 22.7 Å². The predicted octanol–water partition coefficient (Wildman–Crippen LogP) is 3.11. The number of imidazole rings is 1. The van der Waals surface area contributed by atoms with Crippen molar-refractivity contribution < 1.29 is 14.6 Å². The quantitative estimate of drug-likeness (QED) is 0.747. The van der Waals surface area contributed by atoms with Crippen molar-refractivity contribution in [2.24, 2.45) is 5.18 Å². The van der Waals surface area contributed by atoms with Crippen molar-refractivity contribution in [1.82, 2.24) is 9.38 Å². The Kier molecular flexibility index (Phi) is 3.30. The SMILES string of the molecule is COc1cccc(-c2nc3ccc(C(=O)O)cn3c2N=O)c1. The molecule has 7 nitrogen and oxygen atoms in total. The lowest BCUT2D eigenvalue weighted by molar-refractivity contribution is 0.0696. The number of nitroso groups, excluding NO2 is 1. The number of ether oxygens (including phenoxy) is 1. The highest BCUT2D eigenvalue weighted by Crippen LogP contribution is 2.32. The van der Waals surface area contributed by atoms with E-state index in [1.54, 1.807) is 31.4 Å². The molecule has 0 bridgehead atoms. The van der Waals surface area contributed by atoms with Crippen LogP contribution in [-0.2, 0) is 0 Å². The minimum absolute atomic E-state index is 0.0475. The summed E-state index contributed by atoms with van der Waals surface area (Å²) >= 11 is 0. The predicted molar refractivity (Wildman–Crippen MR) is 79.6 cm³/mol. The number of fused-ring (bicyclic) bond motifs is 1. The van der Waals surface area contributed by atoms with Gasteiger partial charge in [-0.05, 0) is 29.4 Å². The molecular formula is C15H11N3O4. The van der Waals surface area contributed by atoms with Crippen LogP contribution in [0.4, 0.5) is 5.82 Å². The number of rotatable bonds is 4. The maximum absolute atomic E-state index is 11.2. The summed E-state index contributed by atoms with van der Waals surface area (Å²) in [5, 5.41) is 12.0. The van der Waals surface area contributed by atoms with E-state index in [2.05, 4.69) is 10.2 Å². The van der Waals surface area contributed by atoms with Crippen LogP contribution in [0.2, 0.25) is 0 Å². The minimum Gasteiger partial charge on any atom is -0.497 e. The summed E-state index contributed by atoms with van der Waals surface area (Å²) < 4.78 is 6.52. The number of hydrogen-bond donors (Lipinski definition) is 1. The van der Waals surface area contributed by atoms with Crippen LogP contribution in [0, 0.1) is 4.91 Å². The molecule has 0 saturated carbocycles. The lowest BCUT2D eigenvalue weighted by Gasteiger charge is -2.02.